The monoisotopic (exact) mass is 349 g/mol. The molecule has 0 saturated heterocycles. The minimum Gasteiger partial charge on any atom is -0.365 e. The van der Waals surface area contributed by atoms with E-state index < -0.39 is 10.3 Å². The van der Waals surface area contributed by atoms with Crippen molar-refractivity contribution in [1.82, 2.24) is 9.55 Å². The highest BCUT2D eigenvalue weighted by molar-refractivity contribution is 7.88. The van der Waals surface area contributed by atoms with Gasteiger partial charge in [-0.05, 0) is 37.3 Å². The molecule has 0 radical (unpaired) electrons. The third-order valence-electron chi connectivity index (χ3n) is 3.71. The van der Waals surface area contributed by atoms with Crippen LogP contribution in [-0.2, 0) is 16.8 Å². The molecule has 118 valence electrons. The fourth-order valence-corrected chi connectivity index (χ4v) is 3.88. The summed E-state index contributed by atoms with van der Waals surface area (Å²) in [6.07, 6.45) is 0. The van der Waals surface area contributed by atoms with Crippen LogP contribution in [0, 0.1) is 0 Å². The number of aryl methyl sites for hydroxylation is 1. The van der Waals surface area contributed by atoms with Crippen molar-refractivity contribution in [2.24, 2.45) is 0 Å². The second-order valence-electron chi connectivity index (χ2n) is 5.14. The van der Waals surface area contributed by atoms with Crippen molar-refractivity contribution >= 4 is 38.6 Å². The maximum Gasteiger partial charge on any atom is 0.407 e. The lowest BCUT2D eigenvalue weighted by atomic mass is 10.2. The Morgan fingerprint density at radius 1 is 1.30 bits per heavy atom. The van der Waals surface area contributed by atoms with E-state index in [0.29, 0.717) is 23.1 Å². The van der Waals surface area contributed by atoms with Gasteiger partial charge in [0.05, 0.1) is 21.7 Å². The van der Waals surface area contributed by atoms with E-state index in [9.17, 15) is 8.42 Å². The van der Waals surface area contributed by atoms with Crippen LogP contribution in [0.15, 0.2) is 36.4 Å². The van der Waals surface area contributed by atoms with Gasteiger partial charge in [-0.1, -0.05) is 17.7 Å². The molecule has 1 N–H and O–H groups in total. The lowest BCUT2D eigenvalue weighted by molar-refractivity contribution is 0.503. The van der Waals surface area contributed by atoms with Crippen LogP contribution in [0.4, 0.5) is 5.69 Å². The highest BCUT2D eigenvalue weighted by Crippen LogP contribution is 2.37. The van der Waals surface area contributed by atoms with Gasteiger partial charge in [0, 0.05) is 12.1 Å². The normalized spacial score (nSPS) is 15.2. The molecule has 0 saturated carbocycles. The fraction of sp³-hybridized carbons (Fsp3) is 0.133. The van der Waals surface area contributed by atoms with E-state index >= 15 is 0 Å². The van der Waals surface area contributed by atoms with Gasteiger partial charge in [0.2, 0.25) is 0 Å². The molecule has 1 aromatic heterocycles. The van der Waals surface area contributed by atoms with Gasteiger partial charge in [0.25, 0.3) is 0 Å². The van der Waals surface area contributed by atoms with Crippen molar-refractivity contribution in [3.8, 4) is 17.1 Å². The molecule has 0 amide bonds. The smallest absolute Gasteiger partial charge is 0.365 e. The zero-order valence-electron chi connectivity index (χ0n) is 12.1. The van der Waals surface area contributed by atoms with E-state index in [1.807, 2.05) is 29.7 Å². The molecule has 0 spiro atoms. The zero-order valence-corrected chi connectivity index (χ0v) is 13.6. The van der Waals surface area contributed by atoms with E-state index in [0.717, 1.165) is 16.6 Å². The largest absolute Gasteiger partial charge is 0.407 e. The Labute approximate surface area is 137 Å². The molecule has 1 aliphatic rings. The predicted molar refractivity (Wildman–Crippen MR) is 89.0 cm³/mol. The van der Waals surface area contributed by atoms with Crippen LogP contribution in [0.3, 0.4) is 0 Å². The maximum atomic E-state index is 11.5. The first kappa shape index (κ1) is 14.3. The van der Waals surface area contributed by atoms with Crippen molar-refractivity contribution < 1.29 is 12.6 Å². The molecule has 4 rings (SSSR count). The third-order valence-corrected chi connectivity index (χ3v) is 4.88. The van der Waals surface area contributed by atoms with Crippen molar-refractivity contribution in [3.63, 3.8) is 0 Å². The number of hydrogen-bond donors (Lipinski definition) is 1. The Morgan fingerprint density at radius 3 is 2.91 bits per heavy atom. The van der Waals surface area contributed by atoms with Crippen molar-refractivity contribution in [2.45, 2.75) is 13.5 Å². The van der Waals surface area contributed by atoms with Gasteiger partial charge in [-0.2, -0.15) is 8.42 Å². The summed E-state index contributed by atoms with van der Waals surface area (Å²) in [6, 6.07) is 10.7. The first-order valence-electron chi connectivity index (χ1n) is 7.00. The predicted octanol–water partition coefficient (Wildman–Crippen LogP) is 3.43. The molecule has 2 heterocycles. The standard InChI is InChI=1S/C15H12ClN3O3S/c1-2-19-14-10(16)4-3-5-12(14)17-15(19)9-6-7-11-13(8-9)22-23(20,21)18-11/h3-8,18H,2H2,1H3. The summed E-state index contributed by atoms with van der Waals surface area (Å²) in [4.78, 5) is 4.63. The molecule has 6 nitrogen and oxygen atoms in total. The van der Waals surface area contributed by atoms with Gasteiger partial charge in [-0.15, -0.1) is 0 Å². The third kappa shape index (κ3) is 2.24. The second-order valence-corrected chi connectivity index (χ2v) is 6.82. The van der Waals surface area contributed by atoms with Crippen LogP contribution >= 0.6 is 11.6 Å². The van der Waals surface area contributed by atoms with E-state index in [2.05, 4.69) is 9.71 Å². The van der Waals surface area contributed by atoms with Crippen LogP contribution in [0.2, 0.25) is 5.02 Å². The number of rotatable bonds is 2. The average molecular weight is 350 g/mol. The van der Waals surface area contributed by atoms with Crippen LogP contribution in [0.5, 0.6) is 5.75 Å². The summed E-state index contributed by atoms with van der Waals surface area (Å²) in [5, 5.41) is 0.629. The van der Waals surface area contributed by atoms with E-state index in [4.69, 9.17) is 15.8 Å². The molecular formula is C15H12ClN3O3S. The Balaban J connectivity index is 1.93. The molecule has 0 aliphatic carbocycles. The van der Waals surface area contributed by atoms with Gasteiger partial charge >= 0.3 is 10.3 Å². The summed E-state index contributed by atoms with van der Waals surface area (Å²) in [7, 11) is -3.75. The van der Waals surface area contributed by atoms with E-state index in [1.54, 1.807) is 18.2 Å². The van der Waals surface area contributed by atoms with Gasteiger partial charge in [-0.25, -0.2) is 9.71 Å². The summed E-state index contributed by atoms with van der Waals surface area (Å²) < 4.78 is 32.2. The first-order chi connectivity index (χ1) is 11.0. The molecule has 1 aliphatic heterocycles. The number of anilines is 1. The topological polar surface area (TPSA) is 73.2 Å². The molecule has 0 fully saturated rings. The lowest BCUT2D eigenvalue weighted by Crippen LogP contribution is -2.10. The number of nitrogens with one attached hydrogen (secondary N) is 1. The number of hydrogen-bond acceptors (Lipinski definition) is 4. The number of aromatic nitrogens is 2. The molecule has 3 aromatic rings. The SMILES string of the molecule is CCn1c(-c2ccc3c(c2)OS(=O)(=O)N3)nc2cccc(Cl)c21. The molecule has 2 aromatic carbocycles. The minimum absolute atomic E-state index is 0.267. The van der Waals surface area contributed by atoms with Crippen molar-refractivity contribution in [1.29, 1.82) is 0 Å². The number of halogens is 1. The van der Waals surface area contributed by atoms with Gasteiger partial charge < -0.3 is 8.75 Å². The Kier molecular flexibility index (Phi) is 3.04. The maximum absolute atomic E-state index is 11.5. The molecule has 0 atom stereocenters. The molecular weight excluding hydrogens is 338 g/mol. The number of fused-ring (bicyclic) bond motifs is 2. The Hall–Kier alpha value is -2.25. The second kappa shape index (κ2) is 4.87. The fourth-order valence-electron chi connectivity index (χ4n) is 2.76. The van der Waals surface area contributed by atoms with Crippen molar-refractivity contribution in [3.05, 3.63) is 41.4 Å². The minimum atomic E-state index is -3.75. The quantitative estimate of drug-likeness (QED) is 0.769. The van der Waals surface area contributed by atoms with Crippen LogP contribution in [0.1, 0.15) is 6.92 Å². The summed E-state index contributed by atoms with van der Waals surface area (Å²) in [5.41, 5.74) is 2.84. The molecule has 23 heavy (non-hydrogen) atoms. The summed E-state index contributed by atoms with van der Waals surface area (Å²) in [5.74, 6) is 0.981. The average Bonchev–Trinajstić information content (AvgIpc) is 3.02. The number of benzene rings is 2. The molecule has 8 heteroatoms. The van der Waals surface area contributed by atoms with Gasteiger partial charge in [-0.3, -0.25) is 0 Å². The lowest BCUT2D eigenvalue weighted by Gasteiger charge is -2.07. The van der Waals surface area contributed by atoms with Crippen LogP contribution in [0.25, 0.3) is 22.4 Å². The number of para-hydroxylation sites is 1. The van der Waals surface area contributed by atoms with Crippen molar-refractivity contribution in [2.75, 3.05) is 4.72 Å². The molecule has 0 unspecified atom stereocenters. The summed E-state index contributed by atoms with van der Waals surface area (Å²) >= 11 is 6.30. The molecule has 0 bridgehead atoms. The highest BCUT2D eigenvalue weighted by atomic mass is 35.5. The number of nitrogens with zero attached hydrogens (tertiary/aromatic N) is 2. The van der Waals surface area contributed by atoms with E-state index in [-0.39, 0.29) is 5.75 Å². The first-order valence-corrected chi connectivity index (χ1v) is 8.78. The van der Waals surface area contributed by atoms with Gasteiger partial charge in [0.15, 0.2) is 5.75 Å². The zero-order chi connectivity index (χ0) is 16.2. The van der Waals surface area contributed by atoms with Crippen LogP contribution in [-0.4, -0.2) is 18.0 Å². The highest BCUT2D eigenvalue weighted by Gasteiger charge is 2.26. The summed E-state index contributed by atoms with van der Waals surface area (Å²) in [6.45, 7) is 2.69. The Bertz CT molecular complexity index is 1040. The van der Waals surface area contributed by atoms with E-state index in [1.165, 1.54) is 0 Å². The Morgan fingerprint density at radius 2 is 2.13 bits per heavy atom. The van der Waals surface area contributed by atoms with Crippen LogP contribution < -0.4 is 8.91 Å². The number of imidazole rings is 1. The van der Waals surface area contributed by atoms with Gasteiger partial charge in [0.1, 0.15) is 5.82 Å².